The van der Waals surface area contributed by atoms with Crippen LogP contribution in [0.25, 0.3) is 0 Å². The van der Waals surface area contributed by atoms with E-state index in [-0.39, 0.29) is 30.6 Å². The summed E-state index contributed by atoms with van der Waals surface area (Å²) in [6.07, 6.45) is 2.00. The summed E-state index contributed by atoms with van der Waals surface area (Å²) < 4.78 is 11.8. The summed E-state index contributed by atoms with van der Waals surface area (Å²) in [4.78, 5) is 25.0. The van der Waals surface area contributed by atoms with Crippen molar-refractivity contribution in [1.82, 2.24) is 10.2 Å². The second-order valence-corrected chi connectivity index (χ2v) is 6.16. The van der Waals surface area contributed by atoms with E-state index < -0.39 is 5.79 Å². The second kappa shape index (κ2) is 7.74. The van der Waals surface area contributed by atoms with Crippen molar-refractivity contribution in [3.05, 3.63) is 12.2 Å². The number of carbonyl (C=O) groups excluding carboxylic acids is 2. The van der Waals surface area contributed by atoms with Gasteiger partial charge in [-0.1, -0.05) is 13.5 Å². The predicted molar refractivity (Wildman–Crippen MR) is 84.2 cm³/mol. The second-order valence-electron chi connectivity index (χ2n) is 6.16. The van der Waals surface area contributed by atoms with E-state index in [4.69, 9.17) is 9.47 Å². The van der Waals surface area contributed by atoms with E-state index in [2.05, 4.69) is 18.8 Å². The van der Waals surface area contributed by atoms with Gasteiger partial charge in [0, 0.05) is 12.6 Å². The molecular weight excluding hydrogens is 284 g/mol. The van der Waals surface area contributed by atoms with Crippen molar-refractivity contribution in [1.29, 1.82) is 0 Å². The Labute approximate surface area is 132 Å². The first-order valence-corrected chi connectivity index (χ1v) is 7.70. The lowest BCUT2D eigenvalue weighted by Gasteiger charge is -2.43. The van der Waals surface area contributed by atoms with Gasteiger partial charge in [-0.15, -0.1) is 0 Å². The van der Waals surface area contributed by atoms with E-state index in [1.54, 1.807) is 14.0 Å². The van der Waals surface area contributed by atoms with Crippen LogP contribution in [0.4, 0.5) is 0 Å². The first-order chi connectivity index (χ1) is 10.2. The molecule has 1 fully saturated rings. The van der Waals surface area contributed by atoms with Gasteiger partial charge in [-0.3, -0.25) is 9.59 Å². The van der Waals surface area contributed by atoms with Crippen LogP contribution in [0.15, 0.2) is 12.2 Å². The molecule has 1 aliphatic heterocycles. The van der Waals surface area contributed by atoms with E-state index >= 15 is 0 Å². The molecule has 6 heteroatoms. The molecule has 1 aliphatic rings. The Morgan fingerprint density at radius 2 is 2.05 bits per heavy atom. The lowest BCUT2D eigenvalue weighted by molar-refractivity contribution is -0.308. The Kier molecular flexibility index (Phi) is 6.56. The summed E-state index contributed by atoms with van der Waals surface area (Å²) in [6.45, 7) is 11.3. The molecule has 0 aliphatic carbocycles. The Bertz CT molecular complexity index is 438. The fourth-order valence-electron chi connectivity index (χ4n) is 2.56. The zero-order valence-corrected chi connectivity index (χ0v) is 14.3. The maximum Gasteiger partial charge on any atom is 0.246 e. The standard InChI is InChI=1S/C16H28N2O4/c1-7-13-8-12(4)21-16(5,22-13)10-18(6)14(19)9-17-15(20)11(2)3/h12-13H,2,7-10H2,1,3-6H3,(H,17,20). The molecular formula is C16H28N2O4. The van der Waals surface area contributed by atoms with E-state index in [0.29, 0.717) is 12.1 Å². The van der Waals surface area contributed by atoms with Crippen LogP contribution in [0.1, 0.15) is 40.5 Å². The number of likely N-dealkylation sites (N-methyl/N-ethyl adjacent to an activating group) is 1. The van der Waals surface area contributed by atoms with Crippen LogP contribution in [-0.2, 0) is 19.1 Å². The van der Waals surface area contributed by atoms with Gasteiger partial charge in [-0.25, -0.2) is 0 Å². The molecule has 0 bridgehead atoms. The maximum atomic E-state index is 12.1. The van der Waals surface area contributed by atoms with Crippen LogP contribution >= 0.6 is 0 Å². The molecule has 3 unspecified atom stereocenters. The van der Waals surface area contributed by atoms with Gasteiger partial charge in [0.05, 0.1) is 25.3 Å². The summed E-state index contributed by atoms with van der Waals surface area (Å²) in [6, 6.07) is 0. The van der Waals surface area contributed by atoms with E-state index in [1.807, 2.05) is 13.8 Å². The molecule has 0 aromatic rings. The molecule has 1 saturated heterocycles. The lowest BCUT2D eigenvalue weighted by Crippen LogP contribution is -2.53. The van der Waals surface area contributed by atoms with Crippen molar-refractivity contribution in [2.75, 3.05) is 20.1 Å². The summed E-state index contributed by atoms with van der Waals surface area (Å²) in [7, 11) is 1.67. The number of nitrogens with zero attached hydrogens (tertiary/aromatic N) is 1. The smallest absolute Gasteiger partial charge is 0.246 e. The fraction of sp³-hybridized carbons (Fsp3) is 0.750. The molecule has 0 aromatic carbocycles. The minimum atomic E-state index is -0.818. The lowest BCUT2D eigenvalue weighted by atomic mass is 10.1. The van der Waals surface area contributed by atoms with Crippen molar-refractivity contribution >= 4 is 11.8 Å². The monoisotopic (exact) mass is 312 g/mol. The van der Waals surface area contributed by atoms with Gasteiger partial charge in [-0.05, 0) is 33.6 Å². The van der Waals surface area contributed by atoms with Crippen LogP contribution in [0.2, 0.25) is 0 Å². The third-order valence-electron chi connectivity index (χ3n) is 3.65. The Morgan fingerprint density at radius 3 is 2.59 bits per heavy atom. The molecule has 3 atom stereocenters. The number of amides is 2. The van der Waals surface area contributed by atoms with Gasteiger partial charge in [-0.2, -0.15) is 0 Å². The Morgan fingerprint density at radius 1 is 1.41 bits per heavy atom. The first kappa shape index (κ1) is 18.6. The van der Waals surface area contributed by atoms with Crippen molar-refractivity contribution in [2.45, 2.75) is 58.5 Å². The molecule has 1 N–H and O–H groups in total. The normalized spacial score (nSPS) is 28.0. The number of nitrogens with one attached hydrogen (secondary N) is 1. The molecule has 1 heterocycles. The number of hydrogen-bond donors (Lipinski definition) is 1. The van der Waals surface area contributed by atoms with Gasteiger partial charge < -0.3 is 19.7 Å². The van der Waals surface area contributed by atoms with Crippen LogP contribution in [-0.4, -0.2) is 54.8 Å². The topological polar surface area (TPSA) is 67.9 Å². The van der Waals surface area contributed by atoms with Crippen LogP contribution in [0.3, 0.4) is 0 Å². The molecule has 0 aromatic heterocycles. The van der Waals surface area contributed by atoms with Crippen LogP contribution < -0.4 is 5.32 Å². The summed E-state index contributed by atoms with van der Waals surface area (Å²) in [5, 5.41) is 2.53. The van der Waals surface area contributed by atoms with E-state index in [0.717, 1.165) is 12.8 Å². The van der Waals surface area contributed by atoms with Gasteiger partial charge >= 0.3 is 0 Å². The summed E-state index contributed by atoms with van der Waals surface area (Å²) in [5.41, 5.74) is 0.376. The largest absolute Gasteiger partial charge is 0.345 e. The molecule has 0 radical (unpaired) electrons. The van der Waals surface area contributed by atoms with Crippen LogP contribution in [0, 0.1) is 0 Å². The van der Waals surface area contributed by atoms with Gasteiger partial charge in [0.1, 0.15) is 0 Å². The van der Waals surface area contributed by atoms with Gasteiger partial charge in [0.15, 0.2) is 5.79 Å². The van der Waals surface area contributed by atoms with Crippen molar-refractivity contribution in [3.8, 4) is 0 Å². The molecule has 6 nitrogen and oxygen atoms in total. The minimum absolute atomic E-state index is 0.0645. The quantitative estimate of drug-likeness (QED) is 0.754. The molecule has 0 spiro atoms. The maximum absolute atomic E-state index is 12.1. The zero-order valence-electron chi connectivity index (χ0n) is 14.3. The highest BCUT2D eigenvalue weighted by molar-refractivity contribution is 5.94. The Balaban J connectivity index is 2.55. The molecule has 22 heavy (non-hydrogen) atoms. The third kappa shape index (κ3) is 5.42. The van der Waals surface area contributed by atoms with E-state index in [9.17, 15) is 9.59 Å². The number of ether oxygens (including phenoxy) is 2. The third-order valence-corrected chi connectivity index (χ3v) is 3.65. The van der Waals surface area contributed by atoms with Crippen molar-refractivity contribution in [3.63, 3.8) is 0 Å². The highest BCUT2D eigenvalue weighted by Gasteiger charge is 2.38. The average Bonchev–Trinajstić information content (AvgIpc) is 2.42. The molecule has 126 valence electrons. The highest BCUT2D eigenvalue weighted by Crippen LogP contribution is 2.29. The SMILES string of the molecule is C=C(C)C(=O)NCC(=O)N(C)CC1(C)OC(C)CC(CC)O1. The molecule has 2 amide bonds. The zero-order chi connectivity index (χ0) is 16.9. The van der Waals surface area contributed by atoms with Crippen molar-refractivity contribution in [2.24, 2.45) is 0 Å². The highest BCUT2D eigenvalue weighted by atomic mass is 16.7. The number of rotatable bonds is 6. The molecule has 0 saturated carbocycles. The van der Waals surface area contributed by atoms with Gasteiger partial charge in [0.2, 0.25) is 11.8 Å². The minimum Gasteiger partial charge on any atom is -0.345 e. The molecule has 1 rings (SSSR count). The van der Waals surface area contributed by atoms with Crippen LogP contribution in [0.5, 0.6) is 0 Å². The fourth-order valence-corrected chi connectivity index (χ4v) is 2.56. The Hall–Kier alpha value is -1.40. The van der Waals surface area contributed by atoms with Gasteiger partial charge in [0.25, 0.3) is 0 Å². The van der Waals surface area contributed by atoms with E-state index in [1.165, 1.54) is 4.90 Å². The number of carbonyl (C=O) groups is 2. The van der Waals surface area contributed by atoms with Crippen molar-refractivity contribution < 1.29 is 19.1 Å². The number of hydrogen-bond acceptors (Lipinski definition) is 4. The summed E-state index contributed by atoms with van der Waals surface area (Å²) >= 11 is 0. The average molecular weight is 312 g/mol. The first-order valence-electron chi connectivity index (χ1n) is 7.70. The predicted octanol–water partition coefficient (Wildman–Crippen LogP) is 1.46. The summed E-state index contributed by atoms with van der Waals surface area (Å²) in [5.74, 6) is -1.34.